The number of carbonyl (C=O) groups excluding carboxylic acids is 5. The van der Waals surface area contributed by atoms with E-state index in [0.717, 1.165) is 31.8 Å². The van der Waals surface area contributed by atoms with E-state index in [0.29, 0.717) is 116 Å². The van der Waals surface area contributed by atoms with Crippen LogP contribution < -0.4 is 35.5 Å². The van der Waals surface area contributed by atoms with Gasteiger partial charge in [0.1, 0.15) is 12.0 Å². The number of aldehydes is 1. The van der Waals surface area contributed by atoms with Crippen LogP contribution >= 0.6 is 11.8 Å². The summed E-state index contributed by atoms with van der Waals surface area (Å²) in [4.78, 5) is 104. The van der Waals surface area contributed by atoms with Gasteiger partial charge in [0.25, 0.3) is 11.9 Å². The van der Waals surface area contributed by atoms with Gasteiger partial charge in [0, 0.05) is 117 Å². The first-order valence-electron chi connectivity index (χ1n) is 26.4. The first-order chi connectivity index (χ1) is 37.9. The molecular formula is C53H81N11O14S. The molecule has 0 atom stereocenters. The summed E-state index contributed by atoms with van der Waals surface area (Å²) in [7, 11) is 5.70. The van der Waals surface area contributed by atoms with Crippen LogP contribution in [0.5, 0.6) is 23.5 Å². The molecular weight excluding hydrogens is 1050 g/mol. The molecule has 1 aliphatic carbocycles. The molecule has 1 fully saturated rings. The van der Waals surface area contributed by atoms with Crippen molar-refractivity contribution >= 4 is 59.3 Å². The molecule has 1 aliphatic heterocycles. The number of furan rings is 1. The summed E-state index contributed by atoms with van der Waals surface area (Å²) < 4.78 is 22.8. The van der Waals surface area contributed by atoms with Crippen LogP contribution in [0.25, 0.3) is 0 Å². The number of anilines is 1. The highest BCUT2D eigenvalue weighted by Crippen LogP contribution is 2.42. The van der Waals surface area contributed by atoms with Gasteiger partial charge in [0.2, 0.25) is 29.5 Å². The lowest BCUT2D eigenvalue weighted by molar-refractivity contribution is -0.140. The monoisotopic (exact) mass is 1130 g/mol. The lowest BCUT2D eigenvalue weighted by Crippen LogP contribution is -2.49. The van der Waals surface area contributed by atoms with E-state index in [4.69, 9.17) is 23.7 Å². The molecule has 0 spiro atoms. The van der Waals surface area contributed by atoms with Crippen molar-refractivity contribution in [1.29, 1.82) is 0 Å². The summed E-state index contributed by atoms with van der Waals surface area (Å²) in [5.74, 6) is -1.77. The maximum Gasteiger partial charge on any atom is 0.317 e. The molecule has 0 unspecified atom stereocenters. The van der Waals surface area contributed by atoms with Crippen molar-refractivity contribution in [2.75, 3.05) is 151 Å². The number of nitrogens with one attached hydrogen (secondary N) is 4. The number of carboxylic acid groups (broad SMARTS) is 2. The first-order valence-corrected chi connectivity index (χ1v) is 27.4. The SMILES string of the molecule is CO.COc1nc(SCCC(=O)NCCN(C)CCNC(=O)CCCCNC(=O)CN2CCN(CC=O)CCN(CC(=O)O)CCN(CC(=O)O)CC2)nc(OC)c1NC(=O)c1ccc(Oc2cc3c(cc2C)CCC3(C)C)o1. The average molecular weight is 1130 g/mol. The van der Waals surface area contributed by atoms with E-state index in [9.17, 15) is 43.8 Å². The Labute approximate surface area is 466 Å². The molecule has 5 rings (SSSR count). The topological polar surface area (TPSA) is 311 Å². The summed E-state index contributed by atoms with van der Waals surface area (Å²) in [6.07, 6.45) is 4.51. The Morgan fingerprint density at radius 2 is 1.30 bits per heavy atom. The molecule has 2 aliphatic rings. The van der Waals surface area contributed by atoms with Gasteiger partial charge in [-0.1, -0.05) is 31.7 Å². The van der Waals surface area contributed by atoms with Crippen LogP contribution in [0.3, 0.4) is 0 Å². The third-order valence-electron chi connectivity index (χ3n) is 13.3. The maximum absolute atomic E-state index is 13.3. The van der Waals surface area contributed by atoms with Gasteiger partial charge in [0.05, 0.1) is 40.4 Å². The number of amides is 4. The van der Waals surface area contributed by atoms with Crippen molar-refractivity contribution in [3.8, 4) is 23.5 Å². The van der Waals surface area contributed by atoms with Gasteiger partial charge >= 0.3 is 11.9 Å². The van der Waals surface area contributed by atoms with Gasteiger partial charge in [-0.25, -0.2) is 0 Å². The number of hydrogen-bond donors (Lipinski definition) is 7. The molecule has 438 valence electrons. The van der Waals surface area contributed by atoms with Crippen molar-refractivity contribution in [2.45, 2.75) is 69.9 Å². The number of hydrogen-bond acceptors (Lipinski definition) is 20. The van der Waals surface area contributed by atoms with Crippen LogP contribution in [-0.4, -0.2) is 237 Å². The number of likely N-dealkylation sites (N-methyl/N-ethyl adjacent to an activating group) is 1. The Bertz CT molecular complexity index is 2450. The molecule has 1 aromatic carbocycles. The molecule has 7 N–H and O–H groups in total. The number of benzene rings is 1. The fourth-order valence-corrected chi connectivity index (χ4v) is 9.61. The predicted molar refractivity (Wildman–Crippen MR) is 295 cm³/mol. The minimum Gasteiger partial charge on any atom is -0.480 e. The van der Waals surface area contributed by atoms with Crippen LogP contribution in [0.4, 0.5) is 5.69 Å². The number of aliphatic hydroxyl groups is 1. The first kappa shape index (κ1) is 65.1. The van der Waals surface area contributed by atoms with E-state index in [-0.39, 0.29) is 90.0 Å². The summed E-state index contributed by atoms with van der Waals surface area (Å²) >= 11 is 1.22. The lowest BCUT2D eigenvalue weighted by Gasteiger charge is -2.32. The quantitative estimate of drug-likeness (QED) is 0.0226. The zero-order chi connectivity index (χ0) is 57.9. The van der Waals surface area contributed by atoms with Crippen LogP contribution in [0.1, 0.15) is 73.2 Å². The van der Waals surface area contributed by atoms with Gasteiger partial charge in [0.15, 0.2) is 16.6 Å². The second-order valence-electron chi connectivity index (χ2n) is 19.7. The smallest absolute Gasteiger partial charge is 0.317 e. The summed E-state index contributed by atoms with van der Waals surface area (Å²) in [5, 5.41) is 37.5. The molecule has 3 heterocycles. The summed E-state index contributed by atoms with van der Waals surface area (Å²) in [6.45, 7) is 11.7. The van der Waals surface area contributed by atoms with Gasteiger partial charge < -0.3 is 64.9 Å². The molecule has 0 radical (unpaired) electrons. The number of aliphatic carboxylic acids is 2. The fourth-order valence-electron chi connectivity index (χ4n) is 8.84. The third-order valence-corrected chi connectivity index (χ3v) is 14.2. The number of nitrogens with zero attached hydrogens (tertiary/aromatic N) is 7. The normalized spacial score (nSPS) is 15.3. The Morgan fingerprint density at radius 3 is 1.86 bits per heavy atom. The van der Waals surface area contributed by atoms with Crippen molar-refractivity contribution in [3.05, 3.63) is 46.7 Å². The molecule has 0 bridgehead atoms. The number of unbranched alkanes of at least 4 members (excludes halogenated alkanes) is 1. The van der Waals surface area contributed by atoms with Crippen molar-refractivity contribution in [2.24, 2.45) is 0 Å². The van der Waals surface area contributed by atoms with Crippen molar-refractivity contribution < 1.29 is 67.5 Å². The van der Waals surface area contributed by atoms with Gasteiger partial charge in [-0.3, -0.25) is 48.4 Å². The number of thioether (sulfide) groups is 1. The largest absolute Gasteiger partial charge is 0.480 e. The Hall–Kier alpha value is -6.42. The fraction of sp³-hybridized carbons (Fsp3) is 0.604. The number of rotatable bonds is 29. The van der Waals surface area contributed by atoms with E-state index < -0.39 is 17.8 Å². The summed E-state index contributed by atoms with van der Waals surface area (Å²) in [6, 6.07) is 7.29. The maximum atomic E-state index is 13.3. The number of aromatic nitrogens is 2. The highest BCUT2D eigenvalue weighted by Gasteiger charge is 2.31. The number of carboxylic acids is 2. The molecule has 79 heavy (non-hydrogen) atoms. The van der Waals surface area contributed by atoms with E-state index in [1.807, 2.05) is 28.7 Å². The highest BCUT2D eigenvalue weighted by molar-refractivity contribution is 7.99. The van der Waals surface area contributed by atoms with Crippen molar-refractivity contribution in [3.63, 3.8) is 0 Å². The number of aliphatic hydroxyl groups excluding tert-OH is 1. The van der Waals surface area contributed by atoms with Gasteiger partial charge in [-0.15, -0.1) is 0 Å². The molecule has 4 amide bonds. The Morgan fingerprint density at radius 1 is 0.759 bits per heavy atom. The molecule has 2 aromatic heterocycles. The molecule has 3 aromatic rings. The lowest BCUT2D eigenvalue weighted by atomic mass is 9.86. The summed E-state index contributed by atoms with van der Waals surface area (Å²) in [5.41, 5.74) is 3.69. The number of carbonyl (C=O) groups is 7. The Balaban J connectivity index is 0.00000664. The van der Waals surface area contributed by atoms with Gasteiger partial charge in [-0.05, 0) is 73.9 Å². The minimum atomic E-state index is -1.00. The van der Waals surface area contributed by atoms with Crippen molar-refractivity contribution in [1.82, 2.24) is 50.4 Å². The zero-order valence-electron chi connectivity index (χ0n) is 46.7. The molecule has 1 saturated heterocycles. The van der Waals surface area contributed by atoms with E-state index >= 15 is 0 Å². The van der Waals surface area contributed by atoms with E-state index in [2.05, 4.69) is 57.2 Å². The second-order valence-corrected chi connectivity index (χ2v) is 20.8. The van der Waals surface area contributed by atoms with Crippen LogP contribution in [0.15, 0.2) is 33.8 Å². The third kappa shape index (κ3) is 22.7. The van der Waals surface area contributed by atoms with Crippen LogP contribution in [-0.2, 0) is 40.6 Å². The predicted octanol–water partition coefficient (Wildman–Crippen LogP) is 1.79. The molecule has 25 nitrogen and oxygen atoms in total. The van der Waals surface area contributed by atoms with Crippen LogP contribution in [0.2, 0.25) is 0 Å². The molecule has 0 saturated carbocycles. The average Bonchev–Trinajstić information content (AvgIpc) is 4.08. The number of fused-ring (bicyclic) bond motifs is 1. The highest BCUT2D eigenvalue weighted by atomic mass is 32.2. The Kier molecular flexibility index (Phi) is 27.9. The molecule has 26 heteroatoms. The van der Waals surface area contributed by atoms with E-state index in [1.165, 1.54) is 43.2 Å². The number of aryl methyl sites for hydroxylation is 2. The van der Waals surface area contributed by atoms with Crippen LogP contribution in [0, 0.1) is 6.92 Å². The minimum absolute atomic E-state index is 0.00785. The van der Waals surface area contributed by atoms with E-state index in [1.54, 1.807) is 15.9 Å². The second kappa shape index (κ2) is 33.9. The number of methoxy groups -OCH3 is 2. The standard InChI is InChI=1S/C52H77N11O13S.CH4O/c1-36-31-37-12-14-52(2,3)38(37)32-40(36)76-46-11-10-39(75-46)48(72)56-47-49(73-5)57-51(58-50(47)74-6)77-30-13-42(66)55-17-19-59(4)18-16-54-41(65)9-7-8-15-53-43(67)33-61-22-20-60(28-29-64)21-23-62(34-44(68)69)26-27-63(25-24-61)35-45(70)71;1-2/h10-11,29,31-32H,7-9,12-28,30,33-35H2,1-6H3,(H,53,67)(H,54,65)(H,55,66)(H,56,72)(H,68,69)(H,70,71);2H,1H3. The zero-order valence-corrected chi connectivity index (χ0v) is 47.5. The van der Waals surface area contributed by atoms with Gasteiger partial charge in [-0.2, -0.15) is 9.97 Å². The number of ether oxygens (including phenoxy) is 3.